The van der Waals surface area contributed by atoms with Crippen LogP contribution in [0.1, 0.15) is 18.4 Å². The Labute approximate surface area is 165 Å². The van der Waals surface area contributed by atoms with E-state index in [1.807, 2.05) is 35.2 Å². The fourth-order valence-electron chi connectivity index (χ4n) is 3.81. The average Bonchev–Trinajstić information content (AvgIpc) is 3.29. The zero-order chi connectivity index (χ0) is 19.3. The number of pyridine rings is 1. The van der Waals surface area contributed by atoms with Crippen LogP contribution in [0.25, 0.3) is 0 Å². The Bertz CT molecular complexity index is 878. The van der Waals surface area contributed by atoms with Crippen molar-refractivity contribution in [1.82, 2.24) is 9.88 Å². The van der Waals surface area contributed by atoms with Gasteiger partial charge in [0, 0.05) is 51.2 Å². The summed E-state index contributed by atoms with van der Waals surface area (Å²) in [6.45, 7) is 4.74. The molecular weight excluding hydrogens is 352 g/mol. The van der Waals surface area contributed by atoms with Gasteiger partial charge >= 0.3 is 6.03 Å². The summed E-state index contributed by atoms with van der Waals surface area (Å²) in [4.78, 5) is 23.6. The number of hydrogen-bond donors (Lipinski definition) is 1. The van der Waals surface area contributed by atoms with Crippen LogP contribution in [-0.2, 0) is 0 Å². The van der Waals surface area contributed by atoms with E-state index < -0.39 is 0 Å². The minimum Gasteiger partial charge on any atom is -0.368 e. The van der Waals surface area contributed by atoms with E-state index in [1.54, 1.807) is 12.3 Å². The average molecular weight is 376 g/mol. The van der Waals surface area contributed by atoms with Gasteiger partial charge in [-0.05, 0) is 43.2 Å². The summed E-state index contributed by atoms with van der Waals surface area (Å²) in [5.74, 6) is 0.861. The molecule has 0 atom stereocenters. The second kappa shape index (κ2) is 8.17. The Balaban J connectivity index is 1.38. The number of hydrogen-bond acceptors (Lipinski definition) is 5. The molecule has 4 rings (SSSR count). The number of carbonyl (C=O) groups excluding carboxylic acids is 1. The molecule has 2 aromatic rings. The number of carbonyl (C=O) groups is 1. The van der Waals surface area contributed by atoms with Crippen molar-refractivity contribution in [2.45, 2.75) is 12.8 Å². The quantitative estimate of drug-likeness (QED) is 0.891. The monoisotopic (exact) mass is 376 g/mol. The molecule has 1 aromatic carbocycles. The van der Waals surface area contributed by atoms with E-state index in [4.69, 9.17) is 5.26 Å². The summed E-state index contributed by atoms with van der Waals surface area (Å²) >= 11 is 0. The molecule has 2 aliphatic rings. The number of urea groups is 1. The second-order valence-electron chi connectivity index (χ2n) is 7.14. The highest BCUT2D eigenvalue weighted by Gasteiger charge is 2.23. The fraction of sp³-hybridized carbons (Fsp3) is 0.381. The van der Waals surface area contributed by atoms with Crippen LogP contribution in [0.15, 0.2) is 42.6 Å². The first-order valence-electron chi connectivity index (χ1n) is 9.75. The maximum absolute atomic E-state index is 12.8. The van der Waals surface area contributed by atoms with Gasteiger partial charge < -0.3 is 20.0 Å². The topological polar surface area (TPSA) is 75.5 Å². The zero-order valence-corrected chi connectivity index (χ0v) is 15.8. The van der Waals surface area contributed by atoms with Gasteiger partial charge in [-0.15, -0.1) is 0 Å². The van der Waals surface area contributed by atoms with Crippen LogP contribution in [-0.4, -0.2) is 55.2 Å². The number of nitriles is 1. The molecule has 2 amide bonds. The van der Waals surface area contributed by atoms with Crippen molar-refractivity contribution in [3.05, 3.63) is 48.2 Å². The normalized spacial score (nSPS) is 16.8. The van der Waals surface area contributed by atoms with Crippen LogP contribution < -0.4 is 15.1 Å². The van der Waals surface area contributed by atoms with Crippen LogP contribution in [0, 0.1) is 11.3 Å². The van der Waals surface area contributed by atoms with Gasteiger partial charge in [0.05, 0.1) is 17.3 Å². The third-order valence-electron chi connectivity index (χ3n) is 5.34. The van der Waals surface area contributed by atoms with Gasteiger partial charge in [-0.1, -0.05) is 6.07 Å². The van der Waals surface area contributed by atoms with Gasteiger partial charge in [-0.2, -0.15) is 5.26 Å². The van der Waals surface area contributed by atoms with Crippen LogP contribution in [0.5, 0.6) is 0 Å². The smallest absolute Gasteiger partial charge is 0.322 e. The van der Waals surface area contributed by atoms with Gasteiger partial charge in [0.25, 0.3) is 0 Å². The molecule has 144 valence electrons. The minimum atomic E-state index is -0.0844. The van der Waals surface area contributed by atoms with E-state index in [9.17, 15) is 4.79 Å². The van der Waals surface area contributed by atoms with Crippen LogP contribution in [0.3, 0.4) is 0 Å². The zero-order valence-electron chi connectivity index (χ0n) is 15.8. The molecule has 1 N–H and O–H groups in total. The van der Waals surface area contributed by atoms with E-state index in [0.29, 0.717) is 18.7 Å². The molecule has 0 unspecified atom stereocenters. The number of rotatable bonds is 3. The summed E-state index contributed by atoms with van der Waals surface area (Å²) < 4.78 is 0. The second-order valence-corrected chi connectivity index (χ2v) is 7.14. The first kappa shape index (κ1) is 18.1. The minimum absolute atomic E-state index is 0.0844. The molecule has 7 heteroatoms. The summed E-state index contributed by atoms with van der Waals surface area (Å²) in [5.41, 5.74) is 2.46. The van der Waals surface area contributed by atoms with Gasteiger partial charge in [0.15, 0.2) is 5.82 Å². The van der Waals surface area contributed by atoms with Gasteiger partial charge in [0.1, 0.15) is 0 Å². The first-order chi connectivity index (χ1) is 13.7. The predicted molar refractivity (Wildman–Crippen MR) is 110 cm³/mol. The summed E-state index contributed by atoms with van der Waals surface area (Å²) in [6, 6.07) is 13.5. The van der Waals surface area contributed by atoms with E-state index in [0.717, 1.165) is 43.4 Å². The highest BCUT2D eigenvalue weighted by atomic mass is 16.2. The Morgan fingerprint density at radius 2 is 1.79 bits per heavy atom. The van der Waals surface area contributed by atoms with E-state index in [2.05, 4.69) is 26.2 Å². The van der Waals surface area contributed by atoms with Crippen molar-refractivity contribution in [3.63, 3.8) is 0 Å². The molecule has 1 aromatic heterocycles. The largest absolute Gasteiger partial charge is 0.368 e. The number of anilines is 3. The molecule has 0 saturated carbocycles. The number of benzene rings is 1. The summed E-state index contributed by atoms with van der Waals surface area (Å²) in [5, 5.41) is 12.1. The van der Waals surface area contributed by atoms with Crippen LogP contribution in [0.4, 0.5) is 22.0 Å². The lowest BCUT2D eigenvalue weighted by Crippen LogP contribution is -2.50. The molecule has 28 heavy (non-hydrogen) atoms. The number of nitrogens with one attached hydrogen (secondary N) is 1. The molecular formula is C21H24N6O. The van der Waals surface area contributed by atoms with Crippen molar-refractivity contribution in [3.8, 4) is 6.07 Å². The molecule has 2 fully saturated rings. The SMILES string of the molecule is N#Cc1cccc(N2CCN(C(=O)Nc3cccnc3N3CCCC3)CC2)c1. The third-order valence-corrected chi connectivity index (χ3v) is 5.34. The lowest BCUT2D eigenvalue weighted by molar-refractivity contribution is 0.208. The number of nitrogens with zero attached hydrogens (tertiary/aromatic N) is 5. The van der Waals surface area contributed by atoms with Crippen molar-refractivity contribution in [2.24, 2.45) is 0 Å². The van der Waals surface area contributed by atoms with E-state index in [-0.39, 0.29) is 6.03 Å². The molecule has 0 aliphatic carbocycles. The Kier molecular flexibility index (Phi) is 5.29. The van der Waals surface area contributed by atoms with Crippen molar-refractivity contribution in [2.75, 3.05) is 54.4 Å². The lowest BCUT2D eigenvalue weighted by Gasteiger charge is -2.36. The maximum Gasteiger partial charge on any atom is 0.322 e. The Hall–Kier alpha value is -3.27. The lowest BCUT2D eigenvalue weighted by atomic mass is 10.2. The van der Waals surface area contributed by atoms with Crippen molar-refractivity contribution in [1.29, 1.82) is 5.26 Å². The predicted octanol–water partition coefficient (Wildman–Crippen LogP) is 2.91. The van der Waals surface area contributed by atoms with Gasteiger partial charge in [-0.3, -0.25) is 0 Å². The maximum atomic E-state index is 12.8. The molecule has 0 spiro atoms. The van der Waals surface area contributed by atoms with E-state index in [1.165, 1.54) is 12.8 Å². The summed E-state index contributed by atoms with van der Waals surface area (Å²) in [6.07, 6.45) is 4.11. The molecule has 0 radical (unpaired) electrons. The molecule has 3 heterocycles. The number of aromatic nitrogens is 1. The molecule has 7 nitrogen and oxygen atoms in total. The molecule has 2 saturated heterocycles. The van der Waals surface area contributed by atoms with E-state index >= 15 is 0 Å². The molecule has 2 aliphatic heterocycles. The van der Waals surface area contributed by atoms with Crippen molar-refractivity contribution < 1.29 is 4.79 Å². The highest BCUT2D eigenvalue weighted by molar-refractivity contribution is 5.92. The summed E-state index contributed by atoms with van der Waals surface area (Å²) in [7, 11) is 0. The Morgan fingerprint density at radius 3 is 2.54 bits per heavy atom. The van der Waals surface area contributed by atoms with Crippen molar-refractivity contribution >= 4 is 23.2 Å². The van der Waals surface area contributed by atoms with Crippen LogP contribution in [0.2, 0.25) is 0 Å². The first-order valence-corrected chi connectivity index (χ1v) is 9.75. The van der Waals surface area contributed by atoms with Crippen LogP contribution >= 0.6 is 0 Å². The molecule has 0 bridgehead atoms. The third kappa shape index (κ3) is 3.86. The Morgan fingerprint density at radius 1 is 1.00 bits per heavy atom. The number of amides is 2. The number of piperazine rings is 1. The highest BCUT2D eigenvalue weighted by Crippen LogP contribution is 2.26. The van der Waals surface area contributed by atoms with Gasteiger partial charge in [0.2, 0.25) is 0 Å². The fourth-order valence-corrected chi connectivity index (χ4v) is 3.81. The van der Waals surface area contributed by atoms with Gasteiger partial charge in [-0.25, -0.2) is 9.78 Å². The standard InChI is InChI=1S/C21H24N6O/c22-16-17-5-3-6-18(15-17)25-11-13-27(14-12-25)21(28)24-19-7-4-8-23-20(19)26-9-1-2-10-26/h3-8,15H,1-2,9-14H2,(H,24,28).